The third kappa shape index (κ3) is 4.78. The Labute approximate surface area is 191 Å². The van der Waals surface area contributed by atoms with E-state index in [1.54, 1.807) is 13.0 Å². The summed E-state index contributed by atoms with van der Waals surface area (Å²) in [7, 11) is 0. The number of nitrogen functional groups attached to an aromatic ring is 1. The predicted octanol–water partition coefficient (Wildman–Crippen LogP) is 0.0401. The molecule has 180 valence electrons. The van der Waals surface area contributed by atoms with Crippen LogP contribution in [0.5, 0.6) is 0 Å². The van der Waals surface area contributed by atoms with Gasteiger partial charge in [-0.2, -0.15) is 15.8 Å². The fourth-order valence-electron chi connectivity index (χ4n) is 3.70. The van der Waals surface area contributed by atoms with Crippen LogP contribution < -0.4 is 11.2 Å². The van der Waals surface area contributed by atoms with Gasteiger partial charge in [-0.05, 0) is 25.0 Å². The number of fused-ring (bicyclic) bond motifs is 1. The van der Waals surface area contributed by atoms with Gasteiger partial charge in [-0.25, -0.2) is 9.50 Å². The number of nitrogens with two attached hydrogens (primary N) is 1. The van der Waals surface area contributed by atoms with Crippen molar-refractivity contribution in [3.05, 3.63) is 24.2 Å². The molecule has 33 heavy (non-hydrogen) atoms. The van der Waals surface area contributed by atoms with E-state index in [1.165, 1.54) is 16.9 Å². The largest absolute Gasteiger partial charge is 0.464 e. The molecule has 5 N–H and O–H groups in total. The molecule has 5 atom stereocenters. The number of aliphatic hydroxyl groups is 2. The van der Waals surface area contributed by atoms with Crippen molar-refractivity contribution >= 4 is 17.3 Å². The second kappa shape index (κ2) is 10.4. The van der Waals surface area contributed by atoms with Gasteiger partial charge in [-0.3, -0.25) is 9.63 Å². The Morgan fingerprint density at radius 3 is 2.82 bits per heavy atom. The highest BCUT2D eigenvalue weighted by molar-refractivity contribution is 5.75. The van der Waals surface area contributed by atoms with Crippen molar-refractivity contribution in [2.45, 2.75) is 63.6 Å². The number of nitrogens with zero attached hydrogens (tertiary/aromatic N) is 4. The van der Waals surface area contributed by atoms with Crippen molar-refractivity contribution in [2.24, 2.45) is 5.92 Å². The van der Waals surface area contributed by atoms with E-state index < -0.39 is 35.9 Å². The molecule has 2 aromatic heterocycles. The first-order chi connectivity index (χ1) is 15.8. The molecule has 0 spiro atoms. The molecule has 12 heteroatoms. The van der Waals surface area contributed by atoms with Crippen molar-refractivity contribution in [3.63, 3.8) is 0 Å². The highest BCUT2D eigenvalue weighted by Gasteiger charge is 2.57. The number of aliphatic hydroxyl groups excluding tert-OH is 2. The third-order valence-electron chi connectivity index (χ3n) is 5.96. The molecule has 1 saturated heterocycles. The summed E-state index contributed by atoms with van der Waals surface area (Å²) >= 11 is 0. The number of carbonyl (C=O) groups is 1. The zero-order valence-corrected chi connectivity index (χ0v) is 18.8. The molecule has 2 aromatic rings. The van der Waals surface area contributed by atoms with Gasteiger partial charge < -0.3 is 25.4 Å². The lowest BCUT2D eigenvalue weighted by molar-refractivity contribution is -0.154. The number of nitriles is 1. The number of hydroxylamine groups is 1. The monoisotopic (exact) mass is 462 g/mol. The van der Waals surface area contributed by atoms with E-state index in [4.69, 9.17) is 20.0 Å². The van der Waals surface area contributed by atoms with Gasteiger partial charge >= 0.3 is 5.97 Å². The maximum atomic E-state index is 12.1. The Kier molecular flexibility index (Phi) is 7.83. The maximum absolute atomic E-state index is 12.1. The molecule has 0 aliphatic carbocycles. The molecule has 0 amide bonds. The summed E-state index contributed by atoms with van der Waals surface area (Å²) < 4.78 is 12.4. The average Bonchev–Trinajstić information content (AvgIpc) is 3.36. The Morgan fingerprint density at radius 1 is 1.42 bits per heavy atom. The highest BCUT2D eigenvalue weighted by atomic mass is 16.7. The molecule has 3 rings (SSSR count). The van der Waals surface area contributed by atoms with Crippen LogP contribution >= 0.6 is 0 Å². The second-order valence-electron chi connectivity index (χ2n) is 8.06. The van der Waals surface area contributed by atoms with Crippen molar-refractivity contribution in [2.75, 3.05) is 18.9 Å². The maximum Gasteiger partial charge on any atom is 0.325 e. The van der Waals surface area contributed by atoms with Gasteiger partial charge in [-0.15, -0.1) is 0 Å². The Bertz CT molecular complexity index is 1000. The van der Waals surface area contributed by atoms with Gasteiger partial charge in [0.15, 0.2) is 5.82 Å². The summed E-state index contributed by atoms with van der Waals surface area (Å²) in [4.78, 5) is 21.4. The normalized spacial score (nSPS) is 25.9. The topological polar surface area (TPSA) is 177 Å². The van der Waals surface area contributed by atoms with Gasteiger partial charge in [0.05, 0.1) is 18.9 Å². The van der Waals surface area contributed by atoms with E-state index in [1.807, 2.05) is 19.9 Å². The van der Waals surface area contributed by atoms with E-state index in [0.29, 0.717) is 18.0 Å². The number of anilines is 1. The van der Waals surface area contributed by atoms with Crippen LogP contribution in [0.1, 0.15) is 39.3 Å². The van der Waals surface area contributed by atoms with Gasteiger partial charge in [0.1, 0.15) is 42.3 Å². The number of esters is 1. The third-order valence-corrected chi connectivity index (χ3v) is 5.96. The first-order valence-electron chi connectivity index (χ1n) is 10.9. The van der Waals surface area contributed by atoms with Gasteiger partial charge in [-0.1, -0.05) is 26.7 Å². The quantitative estimate of drug-likeness (QED) is 0.277. The average molecular weight is 463 g/mol. The Balaban J connectivity index is 1.63. The number of aromatic nitrogens is 3. The van der Waals surface area contributed by atoms with Crippen LogP contribution in [-0.4, -0.2) is 68.3 Å². The molecule has 0 radical (unpaired) electrons. The summed E-state index contributed by atoms with van der Waals surface area (Å²) in [6.45, 7) is 5.74. The summed E-state index contributed by atoms with van der Waals surface area (Å²) in [5, 5.41) is 35.2. The van der Waals surface area contributed by atoms with Crippen LogP contribution in [0.2, 0.25) is 0 Å². The summed E-state index contributed by atoms with van der Waals surface area (Å²) in [5.74, 6) is 0.0140. The number of hydrogen-bond acceptors (Lipinski definition) is 11. The van der Waals surface area contributed by atoms with Crippen LogP contribution in [0.15, 0.2) is 18.5 Å². The van der Waals surface area contributed by atoms with Crippen LogP contribution in [0.4, 0.5) is 5.82 Å². The van der Waals surface area contributed by atoms with Crippen molar-refractivity contribution in [3.8, 4) is 6.07 Å². The van der Waals surface area contributed by atoms with Crippen molar-refractivity contribution in [1.82, 2.24) is 20.1 Å². The molecule has 0 bridgehead atoms. The number of ether oxygens (including phenoxy) is 2. The smallest absolute Gasteiger partial charge is 0.325 e. The van der Waals surface area contributed by atoms with E-state index in [2.05, 4.69) is 15.6 Å². The summed E-state index contributed by atoms with van der Waals surface area (Å²) in [6.07, 6.45) is -1.05. The molecule has 0 saturated carbocycles. The van der Waals surface area contributed by atoms with E-state index >= 15 is 0 Å². The zero-order chi connectivity index (χ0) is 24.2. The van der Waals surface area contributed by atoms with Crippen LogP contribution in [0, 0.1) is 17.2 Å². The molecule has 1 aliphatic rings. The predicted molar refractivity (Wildman–Crippen MR) is 115 cm³/mol. The Morgan fingerprint density at radius 2 is 2.15 bits per heavy atom. The molecular formula is C21H30N6O6. The molecule has 1 fully saturated rings. The molecule has 0 unspecified atom stereocenters. The van der Waals surface area contributed by atoms with Crippen molar-refractivity contribution < 1.29 is 29.3 Å². The van der Waals surface area contributed by atoms with Crippen LogP contribution in [0.3, 0.4) is 0 Å². The molecule has 12 nitrogen and oxygen atoms in total. The first-order valence-corrected chi connectivity index (χ1v) is 10.9. The van der Waals surface area contributed by atoms with Crippen molar-refractivity contribution in [1.29, 1.82) is 5.26 Å². The van der Waals surface area contributed by atoms with E-state index in [9.17, 15) is 20.3 Å². The molecule has 3 heterocycles. The molecule has 0 aromatic carbocycles. The zero-order valence-electron chi connectivity index (χ0n) is 18.8. The lowest BCUT2D eigenvalue weighted by atomic mass is 9.92. The highest BCUT2D eigenvalue weighted by Crippen LogP contribution is 2.40. The fourth-order valence-corrected chi connectivity index (χ4v) is 3.70. The molecular weight excluding hydrogens is 432 g/mol. The second-order valence-corrected chi connectivity index (χ2v) is 8.06. The molecule has 1 aliphatic heterocycles. The SMILES string of the molecule is CCC(CC)COC(=O)[C@H](C)NOC[C@H]1O[C@@](C#N)(c2ccc3c(N)ncnn23)[C@H](O)[C@@H]1O. The Hall–Kier alpha value is -2.82. The van der Waals surface area contributed by atoms with Crippen LogP contribution in [0.25, 0.3) is 5.52 Å². The van der Waals surface area contributed by atoms with Crippen LogP contribution in [-0.2, 0) is 24.7 Å². The van der Waals surface area contributed by atoms with Gasteiger partial charge in [0, 0.05) is 0 Å². The standard InChI is InChI=1S/C21H30N6O6/c1-4-13(5-2)8-31-20(30)12(3)26-32-9-15-17(28)18(29)21(10-22,33-15)16-7-6-14-19(23)24-11-25-27(14)16/h6-7,11-13,15,17-18,26,28-29H,4-5,8-9H2,1-3H3,(H2,23,24,25)/t12-,15+,17+,18+,21-/m0/s1. The lowest BCUT2D eigenvalue weighted by Gasteiger charge is -2.24. The van der Waals surface area contributed by atoms with E-state index in [0.717, 1.165) is 12.8 Å². The summed E-state index contributed by atoms with van der Waals surface area (Å²) in [5.41, 5.74) is 7.09. The van der Waals surface area contributed by atoms with Gasteiger partial charge in [0.25, 0.3) is 0 Å². The minimum absolute atomic E-state index is 0.187. The summed E-state index contributed by atoms with van der Waals surface area (Å²) in [6, 6.07) is 4.30. The lowest BCUT2D eigenvalue weighted by Crippen LogP contribution is -2.41. The number of carbonyl (C=O) groups excluding carboxylic acids is 1. The minimum atomic E-state index is -1.92. The van der Waals surface area contributed by atoms with Gasteiger partial charge in [0.2, 0.25) is 5.60 Å². The minimum Gasteiger partial charge on any atom is -0.464 e. The fraction of sp³-hybridized carbons (Fsp3) is 0.619. The number of hydrogen-bond donors (Lipinski definition) is 4. The number of rotatable bonds is 10. The first kappa shape index (κ1) is 24.8. The van der Waals surface area contributed by atoms with E-state index in [-0.39, 0.29) is 18.1 Å². The number of nitrogens with one attached hydrogen (secondary N) is 1.